The number of nitrogens with one attached hydrogen (secondary N) is 3. The quantitative estimate of drug-likeness (QED) is 0.227. The number of carbonyl (C=O) groups excluding carboxylic acids is 5. The van der Waals surface area contributed by atoms with Crippen molar-refractivity contribution in [2.45, 2.75) is 116 Å². The summed E-state index contributed by atoms with van der Waals surface area (Å²) in [4.78, 5) is 68.0. The summed E-state index contributed by atoms with van der Waals surface area (Å²) in [5.74, 6) is -2.70. The van der Waals surface area contributed by atoms with E-state index in [2.05, 4.69) is 29.8 Å². The molecular weight excluding hydrogens is 612 g/mol. The summed E-state index contributed by atoms with van der Waals surface area (Å²) in [6, 6.07) is -3.50. The van der Waals surface area contributed by atoms with Gasteiger partial charge >= 0.3 is 6.03 Å². The Morgan fingerprint density at radius 2 is 1.61 bits per heavy atom. The lowest BCUT2D eigenvalue weighted by Crippen LogP contribution is -2.64. The van der Waals surface area contributed by atoms with Gasteiger partial charge in [0.1, 0.15) is 12.1 Å². The molecule has 0 spiro atoms. The van der Waals surface area contributed by atoms with Gasteiger partial charge in [0.25, 0.3) is 5.91 Å². The van der Waals surface area contributed by atoms with Crippen LogP contribution in [0, 0.1) is 28.6 Å². The van der Waals surface area contributed by atoms with Gasteiger partial charge in [0.05, 0.1) is 17.8 Å². The third-order valence-corrected chi connectivity index (χ3v) is 12.4. The number of fused-ring (bicyclic) bond motifs is 1. The molecule has 3 aliphatic carbocycles. The maximum atomic E-state index is 14.3. The molecule has 260 valence electrons. The zero-order valence-electron chi connectivity index (χ0n) is 28.5. The van der Waals surface area contributed by atoms with Crippen molar-refractivity contribution in [3.05, 3.63) is 0 Å². The van der Waals surface area contributed by atoms with Crippen molar-refractivity contribution in [3.63, 3.8) is 0 Å². The number of primary amides is 1. The normalized spacial score (nSPS) is 26.7. The Balaban J connectivity index is 1.54. The van der Waals surface area contributed by atoms with Crippen LogP contribution in [-0.4, -0.2) is 97.2 Å². The minimum Gasteiger partial charge on any atom is -0.363 e. The molecule has 5 amide bonds. The molecule has 14 heteroatoms. The van der Waals surface area contributed by atoms with E-state index < -0.39 is 68.6 Å². The highest BCUT2D eigenvalue weighted by atomic mass is 32.2. The van der Waals surface area contributed by atoms with Crippen LogP contribution in [0.4, 0.5) is 4.79 Å². The lowest BCUT2D eigenvalue weighted by atomic mass is 9.80. The number of nitrogens with zero attached hydrogens (tertiary/aromatic N) is 2. The van der Waals surface area contributed by atoms with Crippen molar-refractivity contribution >= 4 is 39.6 Å². The van der Waals surface area contributed by atoms with Crippen LogP contribution in [0.1, 0.15) is 92.4 Å². The minimum absolute atomic E-state index is 0.0654. The maximum Gasteiger partial charge on any atom is 0.315 e. The molecule has 46 heavy (non-hydrogen) atoms. The average molecular weight is 667 g/mol. The second-order valence-electron chi connectivity index (χ2n) is 16.0. The molecule has 3 saturated carbocycles. The number of ketones is 1. The maximum absolute atomic E-state index is 14.3. The van der Waals surface area contributed by atoms with Crippen molar-refractivity contribution < 1.29 is 32.4 Å². The van der Waals surface area contributed by atoms with Gasteiger partial charge in [-0.05, 0) is 47.8 Å². The second kappa shape index (κ2) is 13.0. The molecule has 5 N–H and O–H groups in total. The number of amides is 5. The summed E-state index contributed by atoms with van der Waals surface area (Å²) in [5.41, 5.74) is 3.61. The van der Waals surface area contributed by atoms with Crippen LogP contribution >= 0.6 is 0 Å². The number of nitrogens with two attached hydrogens (primary N) is 1. The molecule has 0 bridgehead atoms. The van der Waals surface area contributed by atoms with Gasteiger partial charge in [0, 0.05) is 20.1 Å². The van der Waals surface area contributed by atoms with E-state index in [1.54, 1.807) is 0 Å². The Labute approximate surface area is 273 Å². The minimum atomic E-state index is -3.48. The summed E-state index contributed by atoms with van der Waals surface area (Å²) in [6.45, 7) is 10.0. The fourth-order valence-corrected chi connectivity index (χ4v) is 8.33. The number of rotatable bonds is 12. The van der Waals surface area contributed by atoms with E-state index in [4.69, 9.17) is 5.73 Å². The van der Waals surface area contributed by atoms with E-state index in [0.29, 0.717) is 25.8 Å². The van der Waals surface area contributed by atoms with Crippen LogP contribution in [-0.2, 0) is 29.2 Å². The Kier molecular flexibility index (Phi) is 10.2. The second-order valence-corrected chi connectivity index (χ2v) is 18.1. The van der Waals surface area contributed by atoms with E-state index in [1.165, 1.54) is 16.3 Å². The molecule has 5 atom stereocenters. The summed E-state index contributed by atoms with van der Waals surface area (Å²) < 4.78 is 25.7. The number of likely N-dealkylation sites (tertiary alicyclic amines) is 1. The fraction of sp³-hybridized carbons (Fsp3) is 0.844. The topological polar surface area (TPSA) is 188 Å². The molecule has 1 unspecified atom stereocenters. The highest BCUT2D eigenvalue weighted by Gasteiger charge is 2.70. The number of likely N-dealkylation sites (N-methyl/N-ethyl adjacent to an activating group) is 1. The molecule has 0 aromatic carbocycles. The Bertz CT molecular complexity index is 1330. The van der Waals surface area contributed by atoms with Crippen LogP contribution in [0.25, 0.3) is 0 Å². The van der Waals surface area contributed by atoms with Crippen molar-refractivity contribution in [1.29, 1.82) is 0 Å². The fourth-order valence-electron chi connectivity index (χ4n) is 7.85. The third-order valence-electron chi connectivity index (χ3n) is 11.1. The zero-order chi connectivity index (χ0) is 34.4. The highest BCUT2D eigenvalue weighted by molar-refractivity contribution is 7.88. The summed E-state index contributed by atoms with van der Waals surface area (Å²) in [7, 11) is -1.99. The molecule has 13 nitrogen and oxygen atoms in total. The molecule has 0 radical (unpaired) electrons. The third kappa shape index (κ3) is 7.69. The molecule has 4 aliphatic rings. The summed E-state index contributed by atoms with van der Waals surface area (Å²) in [6.07, 6.45) is 8.18. The standard InChI is InChI=1S/C32H54N6O7S/c1-30(2,3)25(35-29(43)36-32(14-9-8-10-15-32)18-37(6)46(7,44)45)28(42)38-17-20-22(31(20,4)5)23(38)27(41)34-21(24(39)26(33)40)16-19-12-11-13-19/h19-23,25H,8-18H2,1-7H3,(H2,33,40)(H,34,41)(H2,35,36,43)/t20-,21?,22-,23-,25+/m0/s1. The molecular formula is C32H54N6O7S. The summed E-state index contributed by atoms with van der Waals surface area (Å²) in [5, 5.41) is 8.72. The van der Waals surface area contributed by atoms with Gasteiger partial charge in [-0.25, -0.2) is 17.5 Å². The van der Waals surface area contributed by atoms with Crippen molar-refractivity contribution in [1.82, 2.24) is 25.2 Å². The number of urea groups is 1. The van der Waals surface area contributed by atoms with Gasteiger partial charge in [-0.2, -0.15) is 0 Å². The molecule has 4 rings (SSSR count). The number of hydrogen-bond donors (Lipinski definition) is 4. The lowest BCUT2D eigenvalue weighted by Gasteiger charge is -2.42. The largest absolute Gasteiger partial charge is 0.363 e. The Hall–Kier alpha value is -2.74. The van der Waals surface area contributed by atoms with Crippen LogP contribution in [0.2, 0.25) is 0 Å². The van der Waals surface area contributed by atoms with E-state index in [0.717, 1.165) is 44.8 Å². The zero-order valence-corrected chi connectivity index (χ0v) is 29.3. The predicted octanol–water partition coefficient (Wildman–Crippen LogP) is 1.51. The van der Waals surface area contributed by atoms with Gasteiger partial charge in [0.15, 0.2) is 0 Å². The van der Waals surface area contributed by atoms with E-state index in [1.807, 2.05) is 20.8 Å². The lowest BCUT2D eigenvalue weighted by molar-refractivity contribution is -0.145. The smallest absolute Gasteiger partial charge is 0.315 e. The Morgan fingerprint density at radius 3 is 2.11 bits per heavy atom. The van der Waals surface area contributed by atoms with Gasteiger partial charge in [-0.3, -0.25) is 19.2 Å². The number of piperidine rings is 1. The van der Waals surface area contributed by atoms with Gasteiger partial charge in [-0.15, -0.1) is 0 Å². The number of sulfonamides is 1. The SMILES string of the molecule is CN(CC1(NC(=O)N[C@H](C(=O)N2C[C@H]3[C@@H]([C@H]2C(=O)NC(CC2CCC2)C(=O)C(N)=O)C3(C)C)C(C)(C)C)CCCCC1)S(C)(=O)=O. The van der Waals surface area contributed by atoms with Gasteiger partial charge in [-0.1, -0.05) is 73.1 Å². The molecule has 1 aliphatic heterocycles. The van der Waals surface area contributed by atoms with Crippen LogP contribution in [0.3, 0.4) is 0 Å². The Morgan fingerprint density at radius 1 is 1.00 bits per heavy atom. The highest BCUT2D eigenvalue weighted by Crippen LogP contribution is 2.65. The van der Waals surface area contributed by atoms with Crippen LogP contribution < -0.4 is 21.7 Å². The van der Waals surface area contributed by atoms with E-state index >= 15 is 0 Å². The first kappa shape index (κ1) is 36.1. The van der Waals surface area contributed by atoms with Gasteiger partial charge < -0.3 is 26.6 Å². The molecule has 0 aromatic heterocycles. The van der Waals surface area contributed by atoms with Crippen LogP contribution in [0.15, 0.2) is 0 Å². The van der Waals surface area contributed by atoms with E-state index in [9.17, 15) is 32.4 Å². The average Bonchev–Trinajstić information content (AvgIpc) is 3.24. The van der Waals surface area contributed by atoms with Crippen LogP contribution in [0.5, 0.6) is 0 Å². The molecule has 4 fully saturated rings. The number of Topliss-reactive ketones (excluding diaryl/α,β-unsaturated/α-hetero) is 1. The summed E-state index contributed by atoms with van der Waals surface area (Å²) >= 11 is 0. The monoisotopic (exact) mass is 666 g/mol. The van der Waals surface area contributed by atoms with Crippen molar-refractivity contribution in [2.24, 2.45) is 34.3 Å². The van der Waals surface area contributed by atoms with E-state index in [-0.39, 0.29) is 29.7 Å². The first-order chi connectivity index (χ1) is 21.2. The van der Waals surface area contributed by atoms with Crippen molar-refractivity contribution in [2.75, 3.05) is 26.4 Å². The molecule has 1 heterocycles. The predicted molar refractivity (Wildman–Crippen MR) is 173 cm³/mol. The number of carbonyl (C=O) groups is 5. The molecule has 0 aromatic rings. The first-order valence-corrected chi connectivity index (χ1v) is 18.5. The number of hydrogen-bond acceptors (Lipinski definition) is 7. The van der Waals surface area contributed by atoms with Crippen molar-refractivity contribution in [3.8, 4) is 0 Å². The molecule has 1 saturated heterocycles. The van der Waals surface area contributed by atoms with Gasteiger partial charge in [0.2, 0.25) is 27.6 Å². The first-order valence-electron chi connectivity index (χ1n) is 16.6.